The molecule has 1 heterocycles. The molecular formula is C53H37N. The molecule has 1 aliphatic carbocycles. The third-order valence-corrected chi connectivity index (χ3v) is 12.0. The van der Waals surface area contributed by atoms with Gasteiger partial charge in [-0.2, -0.15) is 0 Å². The van der Waals surface area contributed by atoms with Crippen molar-refractivity contribution < 1.29 is 0 Å². The van der Waals surface area contributed by atoms with Gasteiger partial charge in [0.25, 0.3) is 0 Å². The standard InChI is InChI=1S/C53H37N/c1-53(2)47-22-12-10-16-39(47)45-32-36(26-30-48(45)53)37-27-31-50-46(33-37)40-17-11-13-23-49(40)54(50)38-28-24-35(25-29-38)52-43-20-8-6-18-41(43)51(34-14-4-3-5-15-34)42-19-7-9-21-44(42)52/h3-33H,1-2H3. The van der Waals surface area contributed by atoms with Crippen molar-refractivity contribution >= 4 is 43.4 Å². The van der Waals surface area contributed by atoms with Crippen molar-refractivity contribution in [1.82, 2.24) is 4.57 Å². The molecule has 254 valence electrons. The van der Waals surface area contributed by atoms with Gasteiger partial charge in [0.1, 0.15) is 0 Å². The van der Waals surface area contributed by atoms with Gasteiger partial charge in [-0.1, -0.05) is 166 Å². The molecule has 0 aliphatic heterocycles. The first-order valence-electron chi connectivity index (χ1n) is 18.9. The van der Waals surface area contributed by atoms with E-state index in [0.29, 0.717) is 0 Å². The van der Waals surface area contributed by atoms with E-state index in [2.05, 4.69) is 206 Å². The summed E-state index contributed by atoms with van der Waals surface area (Å²) in [4.78, 5) is 0. The van der Waals surface area contributed by atoms with E-state index >= 15 is 0 Å². The van der Waals surface area contributed by atoms with Crippen LogP contribution in [0.2, 0.25) is 0 Å². The van der Waals surface area contributed by atoms with E-state index < -0.39 is 0 Å². The number of aromatic nitrogens is 1. The Balaban J connectivity index is 1.05. The van der Waals surface area contributed by atoms with Gasteiger partial charge < -0.3 is 4.57 Å². The average Bonchev–Trinajstić information content (AvgIpc) is 3.68. The summed E-state index contributed by atoms with van der Waals surface area (Å²) in [7, 11) is 0. The van der Waals surface area contributed by atoms with Crippen molar-refractivity contribution in [2.24, 2.45) is 0 Å². The molecule has 11 rings (SSSR count). The van der Waals surface area contributed by atoms with Crippen molar-refractivity contribution in [3.05, 3.63) is 199 Å². The zero-order valence-corrected chi connectivity index (χ0v) is 30.3. The first kappa shape index (κ1) is 30.9. The molecule has 0 saturated heterocycles. The Kier molecular flexibility index (Phi) is 6.66. The highest BCUT2D eigenvalue weighted by Crippen LogP contribution is 2.50. The Morgan fingerprint density at radius 1 is 0.333 bits per heavy atom. The van der Waals surface area contributed by atoms with Gasteiger partial charge in [-0.3, -0.25) is 0 Å². The number of rotatable bonds is 4. The monoisotopic (exact) mass is 687 g/mol. The van der Waals surface area contributed by atoms with Crippen molar-refractivity contribution in [3.8, 4) is 50.2 Å². The van der Waals surface area contributed by atoms with Crippen molar-refractivity contribution in [1.29, 1.82) is 0 Å². The third-order valence-electron chi connectivity index (χ3n) is 12.0. The summed E-state index contributed by atoms with van der Waals surface area (Å²) in [5, 5.41) is 7.62. The largest absolute Gasteiger partial charge is 0.309 e. The van der Waals surface area contributed by atoms with Gasteiger partial charge in [0.05, 0.1) is 11.0 Å². The molecule has 0 unspecified atom stereocenters. The van der Waals surface area contributed by atoms with Crippen molar-refractivity contribution in [2.45, 2.75) is 19.3 Å². The lowest BCUT2D eigenvalue weighted by Gasteiger charge is -2.21. The van der Waals surface area contributed by atoms with E-state index in [9.17, 15) is 0 Å². The minimum absolute atomic E-state index is 0.00317. The topological polar surface area (TPSA) is 4.93 Å². The molecule has 0 amide bonds. The summed E-state index contributed by atoms with van der Waals surface area (Å²) in [6.45, 7) is 4.69. The smallest absolute Gasteiger partial charge is 0.0541 e. The van der Waals surface area contributed by atoms with Crippen LogP contribution in [0, 0.1) is 0 Å². The predicted molar refractivity (Wildman–Crippen MR) is 230 cm³/mol. The van der Waals surface area contributed by atoms with E-state index in [-0.39, 0.29) is 5.41 Å². The normalized spacial score (nSPS) is 13.1. The maximum atomic E-state index is 2.43. The zero-order valence-electron chi connectivity index (χ0n) is 30.3. The molecule has 1 aromatic heterocycles. The number of benzene rings is 9. The molecule has 9 aromatic carbocycles. The van der Waals surface area contributed by atoms with Gasteiger partial charge in [-0.05, 0) is 114 Å². The molecule has 1 aliphatic rings. The summed E-state index contributed by atoms with van der Waals surface area (Å²) >= 11 is 0. The Hall–Kier alpha value is -6.70. The van der Waals surface area contributed by atoms with E-state index in [1.165, 1.54) is 99.0 Å². The Morgan fingerprint density at radius 2 is 0.815 bits per heavy atom. The highest BCUT2D eigenvalue weighted by atomic mass is 15.0. The molecule has 0 bridgehead atoms. The number of fused-ring (bicyclic) bond motifs is 8. The summed E-state index contributed by atoms with van der Waals surface area (Å²) < 4.78 is 2.43. The van der Waals surface area contributed by atoms with Crippen LogP contribution in [0.1, 0.15) is 25.0 Å². The summed E-state index contributed by atoms with van der Waals surface area (Å²) in [5.74, 6) is 0. The fourth-order valence-electron chi connectivity index (χ4n) is 9.46. The Morgan fingerprint density at radius 3 is 1.50 bits per heavy atom. The number of para-hydroxylation sites is 1. The Bertz CT molecular complexity index is 3050. The number of nitrogens with zero attached hydrogens (tertiary/aromatic N) is 1. The first-order valence-corrected chi connectivity index (χ1v) is 18.9. The summed E-state index contributed by atoms with van der Waals surface area (Å²) in [5.41, 5.74) is 16.6. The van der Waals surface area contributed by atoms with Crippen LogP contribution < -0.4 is 0 Å². The maximum absolute atomic E-state index is 2.43. The maximum Gasteiger partial charge on any atom is 0.0541 e. The van der Waals surface area contributed by atoms with Crippen LogP contribution in [0.3, 0.4) is 0 Å². The highest BCUT2D eigenvalue weighted by molar-refractivity contribution is 6.21. The second-order valence-corrected chi connectivity index (χ2v) is 15.3. The first-order chi connectivity index (χ1) is 26.6. The quantitative estimate of drug-likeness (QED) is 0.162. The van der Waals surface area contributed by atoms with Gasteiger partial charge in [-0.15, -0.1) is 0 Å². The molecule has 0 spiro atoms. The molecule has 1 heteroatoms. The van der Waals surface area contributed by atoms with Gasteiger partial charge in [0.2, 0.25) is 0 Å². The molecule has 0 radical (unpaired) electrons. The van der Waals surface area contributed by atoms with Crippen LogP contribution in [0.15, 0.2) is 188 Å². The number of hydrogen-bond acceptors (Lipinski definition) is 0. The fourth-order valence-corrected chi connectivity index (χ4v) is 9.46. The van der Waals surface area contributed by atoms with Crippen molar-refractivity contribution in [3.63, 3.8) is 0 Å². The summed E-state index contributed by atoms with van der Waals surface area (Å²) in [6.07, 6.45) is 0. The van der Waals surface area contributed by atoms with Gasteiger partial charge in [-0.25, -0.2) is 0 Å². The molecule has 0 N–H and O–H groups in total. The molecule has 0 saturated carbocycles. The zero-order chi connectivity index (χ0) is 36.0. The SMILES string of the molecule is CC1(C)c2ccccc2-c2cc(-c3ccc4c(c3)c3ccccc3n4-c3ccc(-c4c5ccccc5c(-c5ccccc5)c5ccccc45)cc3)ccc21. The van der Waals surface area contributed by atoms with E-state index in [1.807, 2.05) is 0 Å². The van der Waals surface area contributed by atoms with Gasteiger partial charge in [0.15, 0.2) is 0 Å². The van der Waals surface area contributed by atoms with Gasteiger partial charge in [0, 0.05) is 21.9 Å². The van der Waals surface area contributed by atoms with Crippen LogP contribution in [-0.2, 0) is 5.41 Å². The summed E-state index contributed by atoms with van der Waals surface area (Å²) in [6, 6.07) is 69.6. The minimum atomic E-state index is 0.00317. The van der Waals surface area contributed by atoms with Crippen LogP contribution in [0.5, 0.6) is 0 Å². The van der Waals surface area contributed by atoms with Crippen molar-refractivity contribution in [2.75, 3.05) is 0 Å². The second-order valence-electron chi connectivity index (χ2n) is 15.3. The van der Waals surface area contributed by atoms with E-state index in [1.54, 1.807) is 0 Å². The molecule has 54 heavy (non-hydrogen) atoms. The fraction of sp³-hybridized carbons (Fsp3) is 0.0566. The average molecular weight is 688 g/mol. The Labute approximate surface area is 315 Å². The van der Waals surface area contributed by atoms with Crippen LogP contribution >= 0.6 is 0 Å². The van der Waals surface area contributed by atoms with Crippen LogP contribution in [0.4, 0.5) is 0 Å². The lowest BCUT2D eigenvalue weighted by Crippen LogP contribution is -2.14. The number of hydrogen-bond donors (Lipinski definition) is 0. The van der Waals surface area contributed by atoms with E-state index in [4.69, 9.17) is 0 Å². The second kappa shape index (κ2) is 11.7. The molecule has 1 nitrogen and oxygen atoms in total. The molecule has 0 atom stereocenters. The van der Waals surface area contributed by atoms with Crippen LogP contribution in [-0.4, -0.2) is 4.57 Å². The third kappa shape index (κ3) is 4.45. The lowest BCUT2D eigenvalue weighted by atomic mass is 9.82. The van der Waals surface area contributed by atoms with E-state index in [0.717, 1.165) is 5.69 Å². The molecular weight excluding hydrogens is 651 g/mol. The minimum Gasteiger partial charge on any atom is -0.309 e. The lowest BCUT2D eigenvalue weighted by molar-refractivity contribution is 0.660. The van der Waals surface area contributed by atoms with Crippen LogP contribution in [0.25, 0.3) is 93.5 Å². The molecule has 0 fully saturated rings. The highest BCUT2D eigenvalue weighted by Gasteiger charge is 2.35. The predicted octanol–water partition coefficient (Wildman–Crippen LogP) is 14.4. The molecule has 10 aromatic rings. The van der Waals surface area contributed by atoms with Gasteiger partial charge >= 0.3 is 0 Å².